The van der Waals surface area contributed by atoms with Crippen LogP contribution in [-0.4, -0.2) is 66.5 Å². The third-order valence-electron chi connectivity index (χ3n) is 4.24. The number of alkyl halides is 3. The molecule has 2 aliphatic rings. The molecule has 9 heteroatoms. The van der Waals surface area contributed by atoms with Gasteiger partial charge in [0, 0.05) is 31.7 Å². The minimum atomic E-state index is -4.45. The first-order chi connectivity index (χ1) is 11.5. The summed E-state index contributed by atoms with van der Waals surface area (Å²) in [6, 6.07) is 1.07. The van der Waals surface area contributed by atoms with E-state index in [2.05, 4.69) is 20.2 Å². The minimum Gasteiger partial charge on any atom is -0.376 e. The highest BCUT2D eigenvalue weighted by atomic mass is 19.4. The van der Waals surface area contributed by atoms with Gasteiger partial charge < -0.3 is 19.7 Å². The van der Waals surface area contributed by atoms with E-state index in [-0.39, 0.29) is 18.0 Å². The number of nitrogens with one attached hydrogen (secondary N) is 1. The lowest BCUT2D eigenvalue weighted by atomic mass is 10.0. The summed E-state index contributed by atoms with van der Waals surface area (Å²) in [5.41, 5.74) is -0.924. The largest absolute Gasteiger partial charge is 0.433 e. The van der Waals surface area contributed by atoms with Crippen molar-refractivity contribution in [2.24, 2.45) is 0 Å². The predicted octanol–water partition coefficient (Wildman–Crippen LogP) is 1.79. The average molecular weight is 346 g/mol. The lowest BCUT2D eigenvalue weighted by Crippen LogP contribution is -2.45. The van der Waals surface area contributed by atoms with Crippen LogP contribution in [0.4, 0.5) is 19.0 Å². The Balaban J connectivity index is 1.47. The molecule has 1 aromatic heterocycles. The molecular weight excluding hydrogens is 325 g/mol. The Morgan fingerprint density at radius 2 is 2.00 bits per heavy atom. The van der Waals surface area contributed by atoms with E-state index in [9.17, 15) is 13.2 Å². The van der Waals surface area contributed by atoms with Gasteiger partial charge in [0.05, 0.1) is 25.9 Å². The molecule has 3 rings (SSSR count). The second-order valence-electron chi connectivity index (χ2n) is 6.07. The summed E-state index contributed by atoms with van der Waals surface area (Å²) in [5.74, 6) is 0.222. The Kier molecular flexibility index (Phi) is 5.52. The summed E-state index contributed by atoms with van der Waals surface area (Å²) in [6.07, 6.45) is -1.71. The van der Waals surface area contributed by atoms with Crippen LogP contribution in [0.15, 0.2) is 12.4 Å². The van der Waals surface area contributed by atoms with Crippen LogP contribution in [0.1, 0.15) is 18.5 Å². The maximum absolute atomic E-state index is 12.7. The Morgan fingerprint density at radius 1 is 1.21 bits per heavy atom. The van der Waals surface area contributed by atoms with Crippen LogP contribution in [0, 0.1) is 0 Å². The number of hydrogen-bond donors (Lipinski definition) is 1. The lowest BCUT2D eigenvalue weighted by Gasteiger charge is -2.35. The molecule has 0 spiro atoms. The molecule has 0 bridgehead atoms. The summed E-state index contributed by atoms with van der Waals surface area (Å²) < 4.78 is 49.1. The molecule has 0 amide bonds. The fraction of sp³-hybridized carbons (Fsp3) is 0.733. The third kappa shape index (κ3) is 4.78. The molecule has 24 heavy (non-hydrogen) atoms. The Labute approximate surface area is 138 Å². The number of nitrogens with zero attached hydrogens (tertiary/aromatic N) is 3. The van der Waals surface area contributed by atoms with Crippen LogP contribution < -0.4 is 5.32 Å². The molecule has 134 valence electrons. The zero-order valence-corrected chi connectivity index (χ0v) is 13.3. The number of aromatic nitrogens is 2. The van der Waals surface area contributed by atoms with Crippen LogP contribution in [0.5, 0.6) is 0 Å². The fourth-order valence-corrected chi connectivity index (χ4v) is 2.99. The van der Waals surface area contributed by atoms with E-state index in [1.165, 1.54) is 0 Å². The van der Waals surface area contributed by atoms with Gasteiger partial charge in [0.25, 0.3) is 0 Å². The van der Waals surface area contributed by atoms with Crippen LogP contribution in [0.3, 0.4) is 0 Å². The van der Waals surface area contributed by atoms with E-state index in [0.29, 0.717) is 19.8 Å². The summed E-state index contributed by atoms with van der Waals surface area (Å²) in [6.45, 7) is 4.49. The van der Waals surface area contributed by atoms with Gasteiger partial charge in [-0.1, -0.05) is 0 Å². The average Bonchev–Trinajstić information content (AvgIpc) is 2.57. The molecule has 0 saturated carbocycles. The topological polar surface area (TPSA) is 59.5 Å². The smallest absolute Gasteiger partial charge is 0.376 e. The SMILES string of the molecule is FC(F)(F)c1cc(NC2CCN(CC3COCCO3)CC2)ncn1. The molecule has 1 aromatic rings. The number of likely N-dealkylation sites (tertiary alicyclic amines) is 1. The van der Waals surface area contributed by atoms with Gasteiger partial charge in [-0.2, -0.15) is 13.2 Å². The van der Waals surface area contributed by atoms with E-state index in [4.69, 9.17) is 9.47 Å². The fourth-order valence-electron chi connectivity index (χ4n) is 2.99. The van der Waals surface area contributed by atoms with Crippen molar-refractivity contribution in [3.63, 3.8) is 0 Å². The van der Waals surface area contributed by atoms with Crippen molar-refractivity contribution in [1.29, 1.82) is 0 Å². The zero-order valence-electron chi connectivity index (χ0n) is 13.3. The monoisotopic (exact) mass is 346 g/mol. The molecule has 0 aromatic carbocycles. The standard InChI is InChI=1S/C15H21F3N4O2/c16-15(17,18)13-7-14(20-10-19-13)21-11-1-3-22(4-2-11)8-12-9-23-5-6-24-12/h7,10-12H,1-6,8-9H2,(H,19,20,21). The summed E-state index contributed by atoms with van der Waals surface area (Å²) in [4.78, 5) is 9.46. The van der Waals surface area contributed by atoms with Crippen molar-refractivity contribution < 1.29 is 22.6 Å². The number of halogens is 3. The zero-order chi connectivity index (χ0) is 17.0. The first-order valence-corrected chi connectivity index (χ1v) is 8.08. The van der Waals surface area contributed by atoms with Crippen LogP contribution in [0.25, 0.3) is 0 Å². The first kappa shape index (κ1) is 17.4. The van der Waals surface area contributed by atoms with Crippen LogP contribution in [-0.2, 0) is 15.7 Å². The predicted molar refractivity (Wildman–Crippen MR) is 80.7 cm³/mol. The number of rotatable bonds is 4. The summed E-state index contributed by atoms with van der Waals surface area (Å²) in [7, 11) is 0. The molecule has 1 N–H and O–H groups in total. The molecule has 6 nitrogen and oxygen atoms in total. The van der Waals surface area contributed by atoms with Crippen molar-refractivity contribution in [2.75, 3.05) is 44.8 Å². The van der Waals surface area contributed by atoms with Gasteiger partial charge in [-0.3, -0.25) is 0 Å². The van der Waals surface area contributed by atoms with Gasteiger partial charge in [0.15, 0.2) is 0 Å². The molecule has 1 atom stereocenters. The lowest BCUT2D eigenvalue weighted by molar-refractivity contribution is -0.141. The molecule has 2 fully saturated rings. The van der Waals surface area contributed by atoms with Gasteiger partial charge in [-0.05, 0) is 12.8 Å². The second kappa shape index (κ2) is 7.62. The molecule has 0 aliphatic carbocycles. The number of ether oxygens (including phenoxy) is 2. The van der Waals surface area contributed by atoms with Crippen LogP contribution in [0.2, 0.25) is 0 Å². The Bertz CT molecular complexity index is 530. The van der Waals surface area contributed by atoms with Crippen molar-refractivity contribution in [2.45, 2.75) is 31.2 Å². The normalized spacial score (nSPS) is 24.0. The first-order valence-electron chi connectivity index (χ1n) is 8.08. The maximum Gasteiger partial charge on any atom is 0.433 e. The quantitative estimate of drug-likeness (QED) is 0.897. The van der Waals surface area contributed by atoms with Gasteiger partial charge >= 0.3 is 6.18 Å². The van der Waals surface area contributed by atoms with Gasteiger partial charge in [-0.15, -0.1) is 0 Å². The molecular formula is C15H21F3N4O2. The molecule has 1 unspecified atom stereocenters. The molecule has 3 heterocycles. The van der Waals surface area contributed by atoms with E-state index >= 15 is 0 Å². The van der Waals surface area contributed by atoms with Gasteiger partial charge in [0.1, 0.15) is 17.8 Å². The number of anilines is 1. The molecule has 2 aliphatic heterocycles. The molecule has 2 saturated heterocycles. The summed E-state index contributed by atoms with van der Waals surface area (Å²) in [5, 5.41) is 3.08. The minimum absolute atomic E-state index is 0.111. The molecule has 0 radical (unpaired) electrons. The van der Waals surface area contributed by atoms with E-state index in [0.717, 1.165) is 44.9 Å². The van der Waals surface area contributed by atoms with Crippen molar-refractivity contribution >= 4 is 5.82 Å². The summed E-state index contributed by atoms with van der Waals surface area (Å²) >= 11 is 0. The Morgan fingerprint density at radius 3 is 2.67 bits per heavy atom. The highest BCUT2D eigenvalue weighted by Gasteiger charge is 2.33. The van der Waals surface area contributed by atoms with E-state index in [1.54, 1.807) is 0 Å². The third-order valence-corrected chi connectivity index (χ3v) is 4.24. The van der Waals surface area contributed by atoms with Crippen molar-refractivity contribution in [1.82, 2.24) is 14.9 Å². The second-order valence-corrected chi connectivity index (χ2v) is 6.07. The maximum atomic E-state index is 12.7. The van der Waals surface area contributed by atoms with Crippen LogP contribution >= 0.6 is 0 Å². The Hall–Kier alpha value is -1.45. The number of hydrogen-bond acceptors (Lipinski definition) is 6. The van der Waals surface area contributed by atoms with Crippen molar-refractivity contribution in [3.05, 3.63) is 18.1 Å². The van der Waals surface area contributed by atoms with Crippen molar-refractivity contribution in [3.8, 4) is 0 Å². The highest BCUT2D eigenvalue weighted by Crippen LogP contribution is 2.28. The van der Waals surface area contributed by atoms with Gasteiger partial charge in [-0.25, -0.2) is 9.97 Å². The van der Waals surface area contributed by atoms with E-state index in [1.807, 2.05) is 0 Å². The van der Waals surface area contributed by atoms with E-state index < -0.39 is 11.9 Å². The number of piperidine rings is 1. The highest BCUT2D eigenvalue weighted by molar-refractivity contribution is 5.36. The van der Waals surface area contributed by atoms with Gasteiger partial charge in [0.2, 0.25) is 0 Å².